The first-order valence-corrected chi connectivity index (χ1v) is 12.6. The van der Waals surface area contributed by atoms with Gasteiger partial charge >= 0.3 is 5.97 Å². The van der Waals surface area contributed by atoms with E-state index in [1.807, 2.05) is 4.57 Å². The van der Waals surface area contributed by atoms with E-state index in [4.69, 9.17) is 28.3 Å². The first-order chi connectivity index (χ1) is 14.6. The third-order valence-corrected chi connectivity index (χ3v) is 7.27. The molecule has 1 aliphatic rings. The lowest BCUT2D eigenvalue weighted by Crippen LogP contribution is -2.17. The van der Waals surface area contributed by atoms with Crippen molar-refractivity contribution >= 4 is 62.2 Å². The smallest absolute Gasteiger partial charge is 0.304 e. The topological polar surface area (TPSA) is 89.3 Å². The molecule has 3 aromatic rings. The van der Waals surface area contributed by atoms with E-state index >= 15 is 0 Å². The number of hydrogen-bond donors (Lipinski definition) is 1. The van der Waals surface area contributed by atoms with Crippen LogP contribution in [0.2, 0.25) is 10.0 Å². The highest BCUT2D eigenvalue weighted by Gasteiger charge is 2.27. The lowest BCUT2D eigenvalue weighted by Gasteiger charge is -2.23. The van der Waals surface area contributed by atoms with Gasteiger partial charge in [0.15, 0.2) is 9.84 Å². The molecule has 0 bridgehead atoms. The lowest BCUT2D eigenvalue weighted by molar-refractivity contribution is -0.137. The molecule has 0 saturated heterocycles. The Morgan fingerprint density at radius 2 is 2.03 bits per heavy atom. The van der Waals surface area contributed by atoms with Gasteiger partial charge in [-0.1, -0.05) is 23.2 Å². The average Bonchev–Trinajstić information content (AvgIpc) is 3.09. The Bertz CT molecular complexity index is 1230. The van der Waals surface area contributed by atoms with Crippen LogP contribution in [0.3, 0.4) is 0 Å². The highest BCUT2D eigenvalue weighted by molar-refractivity contribution is 7.94. The van der Waals surface area contributed by atoms with Crippen LogP contribution in [0.25, 0.3) is 11.0 Å². The molecular weight excluding hydrogens is 486 g/mol. The molecule has 4 rings (SSSR count). The maximum atomic E-state index is 11.9. The fourth-order valence-corrected chi connectivity index (χ4v) is 5.13. The largest absolute Gasteiger partial charge is 0.481 e. The molecule has 31 heavy (non-hydrogen) atoms. The summed E-state index contributed by atoms with van der Waals surface area (Å²) in [5, 5.41) is 10.4. The lowest BCUT2D eigenvalue weighted by atomic mass is 9.93. The number of benzene rings is 1. The molecule has 2 aromatic heterocycles. The van der Waals surface area contributed by atoms with Crippen LogP contribution in [0.1, 0.15) is 30.9 Å². The highest BCUT2D eigenvalue weighted by atomic mass is 35.5. The molecule has 1 aliphatic heterocycles. The predicted octanol–water partition coefficient (Wildman–Crippen LogP) is 5.76. The summed E-state index contributed by atoms with van der Waals surface area (Å²) in [5.41, 5.74) is 1.50. The van der Waals surface area contributed by atoms with Gasteiger partial charge in [0.1, 0.15) is 5.65 Å². The van der Waals surface area contributed by atoms with E-state index in [1.54, 1.807) is 18.2 Å². The van der Waals surface area contributed by atoms with Gasteiger partial charge in [-0.2, -0.15) is 3.89 Å². The van der Waals surface area contributed by atoms with Crippen molar-refractivity contribution in [3.05, 3.63) is 52.3 Å². The molecule has 0 saturated carbocycles. The van der Waals surface area contributed by atoms with Crippen LogP contribution < -0.4 is 0 Å². The van der Waals surface area contributed by atoms with Crippen LogP contribution in [0.15, 0.2) is 46.3 Å². The molecule has 0 spiro atoms. The Labute approximate surface area is 193 Å². The van der Waals surface area contributed by atoms with Crippen LogP contribution >= 0.6 is 35.3 Å². The van der Waals surface area contributed by atoms with Gasteiger partial charge in [-0.05, 0) is 43.2 Å². The van der Waals surface area contributed by atoms with Crippen molar-refractivity contribution in [3.63, 3.8) is 0 Å². The number of sulfone groups is 1. The van der Waals surface area contributed by atoms with E-state index in [2.05, 4.69) is 4.98 Å². The number of rotatable bonds is 4. The second kappa shape index (κ2) is 9.77. The van der Waals surface area contributed by atoms with Gasteiger partial charge in [0.05, 0.1) is 33.5 Å². The Morgan fingerprint density at radius 1 is 1.29 bits per heavy atom. The Hall–Kier alpha value is -1.81. The number of aliphatic carboxylic acids is 1. The van der Waals surface area contributed by atoms with E-state index < -0.39 is 15.8 Å². The zero-order chi connectivity index (χ0) is 22.8. The van der Waals surface area contributed by atoms with Crippen molar-refractivity contribution in [2.24, 2.45) is 0 Å². The van der Waals surface area contributed by atoms with Gasteiger partial charge in [-0.15, -0.1) is 0 Å². The fraction of sp³-hybridized carbons (Fsp3) is 0.300. The molecule has 166 valence electrons. The molecule has 1 unspecified atom stereocenters. The quantitative estimate of drug-likeness (QED) is 0.485. The number of fused-ring (bicyclic) bond motifs is 3. The van der Waals surface area contributed by atoms with E-state index in [-0.39, 0.29) is 29.4 Å². The third kappa shape index (κ3) is 5.52. The van der Waals surface area contributed by atoms with Gasteiger partial charge in [-0.25, -0.2) is 13.4 Å². The first kappa shape index (κ1) is 23.8. The Morgan fingerprint density at radius 3 is 2.65 bits per heavy atom. The Kier molecular flexibility index (Phi) is 7.51. The summed E-state index contributed by atoms with van der Waals surface area (Å²) in [6.07, 6.45) is 4.40. The van der Waals surface area contributed by atoms with Crippen molar-refractivity contribution in [1.82, 2.24) is 9.55 Å². The van der Waals surface area contributed by atoms with Crippen LogP contribution in [0.4, 0.5) is 3.89 Å². The minimum atomic E-state index is -3.34. The molecule has 0 fully saturated rings. The van der Waals surface area contributed by atoms with E-state index in [0.717, 1.165) is 25.1 Å². The molecular formula is C20H19Cl2FN2O4S2. The maximum absolute atomic E-state index is 11.9. The first-order valence-electron chi connectivity index (χ1n) is 9.25. The average molecular weight is 505 g/mol. The number of halogens is 3. The molecule has 0 aliphatic carbocycles. The monoisotopic (exact) mass is 504 g/mol. The second-order valence-electron chi connectivity index (χ2n) is 7.13. The zero-order valence-electron chi connectivity index (χ0n) is 16.4. The summed E-state index contributed by atoms with van der Waals surface area (Å²) in [5.74, 6) is -0.923. The standard InChI is InChI=1S/C14H16N2O4S.C6H3Cl2FS/c1-21(19,20)12-4-5-15-14-10(12)8-11-9(7-13(17)18)3-2-6-16(11)14;7-5-2-1-4(10-9)3-6(5)8/h4-5,8-9H,2-3,6-7H2,1H3,(H,17,18);1-3H. The molecule has 11 heteroatoms. The van der Waals surface area contributed by atoms with Crippen LogP contribution in [0.5, 0.6) is 0 Å². The Balaban J connectivity index is 0.000000229. The molecule has 0 amide bonds. The zero-order valence-corrected chi connectivity index (χ0v) is 19.5. The molecule has 1 aromatic carbocycles. The molecule has 0 radical (unpaired) electrons. The number of carboxylic acids is 1. The second-order valence-corrected chi connectivity index (χ2v) is 10.6. The summed E-state index contributed by atoms with van der Waals surface area (Å²) in [6.45, 7) is 0.745. The van der Waals surface area contributed by atoms with Crippen LogP contribution in [-0.2, 0) is 21.2 Å². The normalized spacial score (nSPS) is 15.8. The summed E-state index contributed by atoms with van der Waals surface area (Å²) >= 11 is 11.3. The number of carbonyl (C=O) groups is 1. The number of pyridine rings is 1. The minimum absolute atomic E-state index is 0.0600. The van der Waals surface area contributed by atoms with E-state index in [9.17, 15) is 17.1 Å². The molecule has 6 nitrogen and oxygen atoms in total. The SMILES string of the molecule is CS(=O)(=O)c1ccnc2c1cc1n2CCCC1CC(=O)O.FSc1ccc(Cl)c(Cl)c1. The van der Waals surface area contributed by atoms with Gasteiger partial charge in [0.25, 0.3) is 0 Å². The highest BCUT2D eigenvalue weighted by Crippen LogP contribution is 2.36. The minimum Gasteiger partial charge on any atom is -0.481 e. The van der Waals surface area contributed by atoms with Gasteiger partial charge < -0.3 is 9.67 Å². The number of aromatic nitrogens is 2. The molecule has 3 heterocycles. The van der Waals surface area contributed by atoms with Crippen molar-refractivity contribution < 1.29 is 22.2 Å². The number of nitrogens with zero attached hydrogens (tertiary/aromatic N) is 2. The predicted molar refractivity (Wildman–Crippen MR) is 120 cm³/mol. The molecule has 1 N–H and O–H groups in total. The summed E-state index contributed by atoms with van der Waals surface area (Å²) in [7, 11) is -3.34. The summed E-state index contributed by atoms with van der Waals surface area (Å²) in [6, 6.07) is 7.90. The third-order valence-electron chi connectivity index (χ3n) is 4.94. The van der Waals surface area contributed by atoms with E-state index in [0.29, 0.717) is 26.0 Å². The number of aryl methyl sites for hydroxylation is 1. The summed E-state index contributed by atoms with van der Waals surface area (Å²) < 4.78 is 37.6. The summed E-state index contributed by atoms with van der Waals surface area (Å²) in [4.78, 5) is 16.0. The van der Waals surface area contributed by atoms with E-state index in [1.165, 1.54) is 24.6 Å². The van der Waals surface area contributed by atoms with Crippen LogP contribution in [0, 0.1) is 0 Å². The van der Waals surface area contributed by atoms with Gasteiger partial charge in [0.2, 0.25) is 0 Å². The van der Waals surface area contributed by atoms with Crippen molar-refractivity contribution in [2.45, 2.75) is 41.5 Å². The number of hydrogen-bond acceptors (Lipinski definition) is 5. The van der Waals surface area contributed by atoms with Crippen molar-refractivity contribution in [1.29, 1.82) is 0 Å². The fourth-order valence-electron chi connectivity index (χ4n) is 3.63. The van der Waals surface area contributed by atoms with Crippen molar-refractivity contribution in [2.75, 3.05) is 6.26 Å². The van der Waals surface area contributed by atoms with Gasteiger partial charge in [-0.3, -0.25) is 4.79 Å². The maximum Gasteiger partial charge on any atom is 0.304 e. The number of carboxylic acid groups (broad SMARTS) is 1. The van der Waals surface area contributed by atoms with Crippen molar-refractivity contribution in [3.8, 4) is 0 Å². The van der Waals surface area contributed by atoms with Crippen LogP contribution in [-0.4, -0.2) is 35.3 Å². The molecule has 1 atom stereocenters. The van der Waals surface area contributed by atoms with Gasteiger partial charge in [0, 0.05) is 40.9 Å².